The van der Waals surface area contributed by atoms with Crippen LogP contribution in [0.25, 0.3) is 10.8 Å². The quantitative estimate of drug-likeness (QED) is 0.904. The first kappa shape index (κ1) is 13.6. The summed E-state index contributed by atoms with van der Waals surface area (Å²) in [6, 6.07) is 16.1. The molecule has 1 aliphatic carbocycles. The largest absolute Gasteiger partial charge is 0.380 e. The molecular weight excluding hydrogens is 246 g/mol. The fourth-order valence-electron chi connectivity index (χ4n) is 3.29. The van der Waals surface area contributed by atoms with Crippen LogP contribution in [0.1, 0.15) is 37.8 Å². The summed E-state index contributed by atoms with van der Waals surface area (Å²) >= 11 is 0. The van der Waals surface area contributed by atoms with Crippen molar-refractivity contribution in [2.45, 2.75) is 44.4 Å². The predicted octanol–water partition coefficient (Wildman–Crippen LogP) is 4.06. The Hall–Kier alpha value is -1.38. The van der Waals surface area contributed by atoms with Gasteiger partial charge in [-0.2, -0.15) is 0 Å². The molecule has 3 atom stereocenters. The average Bonchev–Trinajstić information content (AvgIpc) is 2.94. The molecule has 0 saturated heterocycles. The first-order valence-corrected chi connectivity index (χ1v) is 7.55. The minimum atomic E-state index is 0.361. The Labute approximate surface area is 121 Å². The molecule has 0 amide bonds. The second kappa shape index (κ2) is 5.94. The van der Waals surface area contributed by atoms with Gasteiger partial charge < -0.3 is 10.1 Å². The van der Waals surface area contributed by atoms with Crippen LogP contribution in [-0.2, 0) is 4.74 Å². The molecule has 0 radical (unpaired) electrons. The van der Waals surface area contributed by atoms with Gasteiger partial charge in [-0.05, 0) is 48.6 Å². The highest BCUT2D eigenvalue weighted by Gasteiger charge is 2.28. The van der Waals surface area contributed by atoms with Crippen molar-refractivity contribution in [3.05, 3.63) is 48.0 Å². The number of hydrogen-bond acceptors (Lipinski definition) is 2. The summed E-state index contributed by atoms with van der Waals surface area (Å²) in [6.45, 7) is 2.25. The van der Waals surface area contributed by atoms with Crippen LogP contribution in [0.15, 0.2) is 42.5 Å². The van der Waals surface area contributed by atoms with Gasteiger partial charge in [0.05, 0.1) is 6.10 Å². The third-order valence-corrected chi connectivity index (χ3v) is 4.49. The van der Waals surface area contributed by atoms with Crippen LogP contribution in [0.5, 0.6) is 0 Å². The first-order chi connectivity index (χ1) is 9.78. The molecule has 0 spiro atoms. The van der Waals surface area contributed by atoms with E-state index in [2.05, 4.69) is 54.7 Å². The maximum Gasteiger partial charge on any atom is 0.0724 e. The second-order valence-electron chi connectivity index (χ2n) is 5.81. The zero-order valence-electron chi connectivity index (χ0n) is 12.3. The van der Waals surface area contributed by atoms with Gasteiger partial charge in [-0.1, -0.05) is 36.4 Å². The van der Waals surface area contributed by atoms with Crippen LogP contribution in [-0.4, -0.2) is 19.3 Å². The molecule has 0 aromatic heterocycles. The lowest BCUT2D eigenvalue weighted by molar-refractivity contribution is 0.0820. The molecule has 0 aliphatic heterocycles. The van der Waals surface area contributed by atoms with Gasteiger partial charge in [-0.25, -0.2) is 0 Å². The first-order valence-electron chi connectivity index (χ1n) is 7.55. The van der Waals surface area contributed by atoms with Gasteiger partial charge in [0.15, 0.2) is 0 Å². The lowest BCUT2D eigenvalue weighted by Gasteiger charge is -2.24. The highest BCUT2D eigenvalue weighted by molar-refractivity contribution is 5.83. The van der Waals surface area contributed by atoms with E-state index in [1.807, 2.05) is 7.11 Å². The van der Waals surface area contributed by atoms with Crippen molar-refractivity contribution in [3.63, 3.8) is 0 Å². The minimum absolute atomic E-state index is 0.361. The van der Waals surface area contributed by atoms with Crippen molar-refractivity contribution in [2.75, 3.05) is 7.11 Å². The van der Waals surface area contributed by atoms with E-state index in [-0.39, 0.29) is 0 Å². The maximum absolute atomic E-state index is 5.57. The van der Waals surface area contributed by atoms with E-state index >= 15 is 0 Å². The van der Waals surface area contributed by atoms with Gasteiger partial charge in [-0.15, -0.1) is 0 Å². The molecule has 1 aliphatic rings. The van der Waals surface area contributed by atoms with Crippen molar-refractivity contribution >= 4 is 10.8 Å². The van der Waals surface area contributed by atoms with E-state index in [0.717, 1.165) is 0 Å². The Morgan fingerprint density at radius 2 is 1.90 bits per heavy atom. The van der Waals surface area contributed by atoms with Gasteiger partial charge in [0.1, 0.15) is 0 Å². The summed E-state index contributed by atoms with van der Waals surface area (Å²) in [5, 5.41) is 6.35. The highest BCUT2D eigenvalue weighted by Crippen LogP contribution is 2.26. The monoisotopic (exact) mass is 269 g/mol. The maximum atomic E-state index is 5.57. The lowest BCUT2D eigenvalue weighted by Crippen LogP contribution is -2.38. The third kappa shape index (κ3) is 2.72. The summed E-state index contributed by atoms with van der Waals surface area (Å²) in [4.78, 5) is 0. The van der Waals surface area contributed by atoms with E-state index in [0.29, 0.717) is 18.2 Å². The van der Waals surface area contributed by atoms with Gasteiger partial charge in [0.25, 0.3) is 0 Å². The molecule has 0 bridgehead atoms. The SMILES string of the molecule is COC1CCCC1NC(C)c1ccc2ccccc2c1. The molecule has 106 valence electrons. The molecule has 20 heavy (non-hydrogen) atoms. The summed E-state index contributed by atoms with van der Waals surface area (Å²) < 4.78 is 5.57. The average molecular weight is 269 g/mol. The Morgan fingerprint density at radius 3 is 2.70 bits per heavy atom. The topological polar surface area (TPSA) is 21.3 Å². The Morgan fingerprint density at radius 1 is 1.10 bits per heavy atom. The van der Waals surface area contributed by atoms with Crippen molar-refractivity contribution in [1.29, 1.82) is 0 Å². The fraction of sp³-hybridized carbons (Fsp3) is 0.444. The lowest BCUT2D eigenvalue weighted by atomic mass is 10.0. The molecule has 3 rings (SSSR count). The summed E-state index contributed by atoms with van der Waals surface area (Å²) in [5.41, 5.74) is 1.35. The molecule has 1 N–H and O–H groups in total. The standard InChI is InChI=1S/C18H23NO/c1-13(19-17-8-5-9-18(17)20-2)15-11-10-14-6-3-4-7-16(14)12-15/h3-4,6-7,10-13,17-19H,5,8-9H2,1-2H3. The number of ether oxygens (including phenoxy) is 1. The third-order valence-electron chi connectivity index (χ3n) is 4.49. The molecule has 2 nitrogen and oxygen atoms in total. The zero-order chi connectivity index (χ0) is 13.9. The van der Waals surface area contributed by atoms with Crippen molar-refractivity contribution < 1.29 is 4.74 Å². The summed E-state index contributed by atoms with van der Waals surface area (Å²) in [6.07, 6.45) is 4.04. The van der Waals surface area contributed by atoms with Crippen LogP contribution >= 0.6 is 0 Å². The van der Waals surface area contributed by atoms with Crippen LogP contribution in [0.4, 0.5) is 0 Å². The normalized spacial score (nSPS) is 24.1. The zero-order valence-corrected chi connectivity index (χ0v) is 12.3. The van der Waals surface area contributed by atoms with Gasteiger partial charge >= 0.3 is 0 Å². The van der Waals surface area contributed by atoms with Crippen molar-refractivity contribution in [2.24, 2.45) is 0 Å². The van der Waals surface area contributed by atoms with E-state index < -0.39 is 0 Å². The number of nitrogens with one attached hydrogen (secondary N) is 1. The smallest absolute Gasteiger partial charge is 0.0724 e. The van der Waals surface area contributed by atoms with Crippen LogP contribution in [0, 0.1) is 0 Å². The van der Waals surface area contributed by atoms with E-state index in [1.165, 1.54) is 35.6 Å². The molecule has 1 saturated carbocycles. The second-order valence-corrected chi connectivity index (χ2v) is 5.81. The van der Waals surface area contributed by atoms with Gasteiger partial charge in [0.2, 0.25) is 0 Å². The summed E-state index contributed by atoms with van der Waals surface area (Å²) in [5.74, 6) is 0. The number of methoxy groups -OCH3 is 1. The molecule has 2 aromatic rings. The van der Waals surface area contributed by atoms with Crippen LogP contribution < -0.4 is 5.32 Å². The van der Waals surface area contributed by atoms with E-state index in [4.69, 9.17) is 4.74 Å². The van der Waals surface area contributed by atoms with E-state index in [9.17, 15) is 0 Å². The minimum Gasteiger partial charge on any atom is -0.380 e. The van der Waals surface area contributed by atoms with Crippen molar-refractivity contribution in [1.82, 2.24) is 5.32 Å². The number of fused-ring (bicyclic) bond motifs is 1. The molecule has 3 unspecified atom stereocenters. The number of benzene rings is 2. The number of hydrogen-bond donors (Lipinski definition) is 1. The fourth-order valence-corrected chi connectivity index (χ4v) is 3.29. The number of rotatable bonds is 4. The van der Waals surface area contributed by atoms with Crippen molar-refractivity contribution in [3.8, 4) is 0 Å². The van der Waals surface area contributed by atoms with Gasteiger partial charge in [-0.3, -0.25) is 0 Å². The highest BCUT2D eigenvalue weighted by atomic mass is 16.5. The Balaban J connectivity index is 1.76. The molecule has 0 heterocycles. The molecule has 2 heteroatoms. The van der Waals surface area contributed by atoms with E-state index in [1.54, 1.807) is 0 Å². The predicted molar refractivity (Wildman–Crippen MR) is 83.9 cm³/mol. The molecule has 1 fully saturated rings. The van der Waals surface area contributed by atoms with Gasteiger partial charge in [0, 0.05) is 19.2 Å². The van der Waals surface area contributed by atoms with Crippen LogP contribution in [0.3, 0.4) is 0 Å². The molecular formula is C18H23NO. The molecule has 2 aromatic carbocycles. The Kier molecular flexibility index (Phi) is 4.04. The van der Waals surface area contributed by atoms with Crippen LogP contribution in [0.2, 0.25) is 0 Å². The summed E-state index contributed by atoms with van der Waals surface area (Å²) in [7, 11) is 1.82. The Bertz CT molecular complexity index is 580.